The maximum atomic E-state index is 12.5. The molecule has 4 unspecified atom stereocenters. The summed E-state index contributed by atoms with van der Waals surface area (Å²) in [5.41, 5.74) is 20.9. The van der Waals surface area contributed by atoms with Crippen LogP contribution in [0.3, 0.4) is 0 Å². The van der Waals surface area contributed by atoms with Crippen LogP contribution in [0.25, 0.3) is 0 Å². The SMILES string of the molecule is CC(N)C(=O)NC(C)C(=O)NC(CCCN=C(N)N)C(=O)NC(CC(N)=O)C(=O)O. The molecule has 0 aliphatic heterocycles. The highest BCUT2D eigenvalue weighted by Crippen LogP contribution is 2.02. The first-order valence-electron chi connectivity index (χ1n) is 9.08. The van der Waals surface area contributed by atoms with Gasteiger partial charge in [0.15, 0.2) is 5.96 Å². The van der Waals surface area contributed by atoms with Gasteiger partial charge in [-0.25, -0.2) is 4.79 Å². The van der Waals surface area contributed by atoms with Crippen LogP contribution in [-0.4, -0.2) is 71.4 Å². The third-order valence-electron chi connectivity index (χ3n) is 3.76. The van der Waals surface area contributed by atoms with Gasteiger partial charge >= 0.3 is 5.97 Å². The van der Waals surface area contributed by atoms with Crippen molar-refractivity contribution in [3.05, 3.63) is 0 Å². The summed E-state index contributed by atoms with van der Waals surface area (Å²) in [5.74, 6) is -4.67. The monoisotopic (exact) mass is 430 g/mol. The molecule has 4 atom stereocenters. The number of aliphatic carboxylic acids is 1. The third kappa shape index (κ3) is 10.8. The fourth-order valence-electron chi connectivity index (χ4n) is 2.15. The maximum absolute atomic E-state index is 12.5. The Bertz CT molecular complexity index is 677. The summed E-state index contributed by atoms with van der Waals surface area (Å²) in [5, 5.41) is 16.1. The molecular formula is C16H30N8O6. The minimum atomic E-state index is -1.57. The lowest BCUT2D eigenvalue weighted by molar-refractivity contribution is -0.143. The van der Waals surface area contributed by atoms with E-state index >= 15 is 0 Å². The number of amides is 4. The van der Waals surface area contributed by atoms with E-state index in [1.165, 1.54) is 13.8 Å². The minimum Gasteiger partial charge on any atom is -0.480 e. The third-order valence-corrected chi connectivity index (χ3v) is 3.76. The van der Waals surface area contributed by atoms with E-state index in [1.807, 2.05) is 0 Å². The standard InChI is InChI=1S/C16H30N8O6/c1-7(17)12(26)22-8(2)13(27)23-9(4-3-5-21-16(19)20)14(28)24-10(15(29)30)6-11(18)25/h7-10H,3-6,17H2,1-2H3,(H2,18,25)(H,22,26)(H,23,27)(H,24,28)(H,29,30)(H4,19,20,21). The Morgan fingerprint density at radius 2 is 1.47 bits per heavy atom. The lowest BCUT2D eigenvalue weighted by Gasteiger charge is -2.23. The smallest absolute Gasteiger partial charge is 0.326 e. The quantitative estimate of drug-likeness (QED) is 0.0799. The molecule has 14 nitrogen and oxygen atoms in total. The molecule has 170 valence electrons. The van der Waals surface area contributed by atoms with Gasteiger partial charge in [0, 0.05) is 6.54 Å². The van der Waals surface area contributed by atoms with Gasteiger partial charge < -0.3 is 44.0 Å². The van der Waals surface area contributed by atoms with Crippen molar-refractivity contribution in [1.29, 1.82) is 0 Å². The highest BCUT2D eigenvalue weighted by molar-refractivity contribution is 5.94. The van der Waals surface area contributed by atoms with Gasteiger partial charge in [0.05, 0.1) is 12.5 Å². The first-order chi connectivity index (χ1) is 13.8. The molecule has 14 heteroatoms. The topological polar surface area (TPSA) is 258 Å². The molecular weight excluding hydrogens is 400 g/mol. The van der Waals surface area contributed by atoms with Crippen LogP contribution >= 0.6 is 0 Å². The van der Waals surface area contributed by atoms with Crippen LogP contribution in [0.4, 0.5) is 0 Å². The first-order valence-corrected chi connectivity index (χ1v) is 9.08. The van der Waals surface area contributed by atoms with Crippen molar-refractivity contribution < 1.29 is 29.1 Å². The molecule has 0 saturated heterocycles. The number of carboxylic acids is 1. The van der Waals surface area contributed by atoms with E-state index in [2.05, 4.69) is 20.9 Å². The summed E-state index contributed by atoms with van der Waals surface area (Å²) in [6, 6.07) is -4.61. The largest absolute Gasteiger partial charge is 0.480 e. The molecule has 0 aromatic carbocycles. The van der Waals surface area contributed by atoms with Gasteiger partial charge in [0.1, 0.15) is 18.1 Å². The Balaban J connectivity index is 5.23. The number of carbonyl (C=O) groups excluding carboxylic acids is 4. The molecule has 0 bridgehead atoms. The number of carboxylic acid groups (broad SMARTS) is 1. The van der Waals surface area contributed by atoms with E-state index in [9.17, 15) is 24.0 Å². The van der Waals surface area contributed by atoms with Crippen molar-refractivity contribution >= 4 is 35.6 Å². The molecule has 0 radical (unpaired) electrons. The second kappa shape index (κ2) is 12.9. The Morgan fingerprint density at radius 3 is 1.93 bits per heavy atom. The molecule has 0 aromatic rings. The maximum Gasteiger partial charge on any atom is 0.326 e. The van der Waals surface area contributed by atoms with Crippen molar-refractivity contribution in [2.45, 2.75) is 57.3 Å². The Labute approximate surface area is 173 Å². The summed E-state index contributed by atoms with van der Waals surface area (Å²) >= 11 is 0. The van der Waals surface area contributed by atoms with E-state index < -0.39 is 60.2 Å². The summed E-state index contributed by atoms with van der Waals surface area (Å²) in [6.07, 6.45) is -0.313. The molecule has 4 amide bonds. The van der Waals surface area contributed by atoms with Crippen LogP contribution in [0.15, 0.2) is 4.99 Å². The molecule has 0 rings (SSSR count). The minimum absolute atomic E-state index is 0.0468. The molecule has 0 heterocycles. The van der Waals surface area contributed by atoms with Crippen molar-refractivity contribution in [2.75, 3.05) is 6.54 Å². The molecule has 0 aromatic heterocycles. The Hall–Kier alpha value is -3.42. The van der Waals surface area contributed by atoms with Crippen molar-refractivity contribution in [3.8, 4) is 0 Å². The average Bonchev–Trinajstić information content (AvgIpc) is 2.62. The number of nitrogens with two attached hydrogens (primary N) is 4. The molecule has 0 fully saturated rings. The Kier molecular flexibility index (Phi) is 11.5. The van der Waals surface area contributed by atoms with Crippen molar-refractivity contribution in [2.24, 2.45) is 27.9 Å². The number of rotatable bonds is 13. The zero-order valence-corrected chi connectivity index (χ0v) is 16.9. The number of primary amides is 1. The van der Waals surface area contributed by atoms with Gasteiger partial charge in [-0.05, 0) is 26.7 Å². The number of guanidine groups is 1. The predicted molar refractivity (Wildman–Crippen MR) is 106 cm³/mol. The number of hydrogen-bond donors (Lipinski definition) is 8. The predicted octanol–water partition coefficient (Wildman–Crippen LogP) is -4.18. The van der Waals surface area contributed by atoms with Crippen molar-refractivity contribution in [1.82, 2.24) is 16.0 Å². The van der Waals surface area contributed by atoms with Gasteiger partial charge in [0.25, 0.3) is 0 Å². The van der Waals surface area contributed by atoms with Crippen LogP contribution in [-0.2, 0) is 24.0 Å². The summed E-state index contributed by atoms with van der Waals surface area (Å²) < 4.78 is 0. The number of carbonyl (C=O) groups is 5. The van der Waals surface area contributed by atoms with Crippen LogP contribution in [0.1, 0.15) is 33.1 Å². The fourth-order valence-corrected chi connectivity index (χ4v) is 2.15. The van der Waals surface area contributed by atoms with Crippen LogP contribution in [0.2, 0.25) is 0 Å². The second-order valence-corrected chi connectivity index (χ2v) is 6.60. The second-order valence-electron chi connectivity index (χ2n) is 6.60. The summed E-state index contributed by atoms with van der Waals surface area (Å²) in [6.45, 7) is 2.98. The molecule has 30 heavy (non-hydrogen) atoms. The van der Waals surface area contributed by atoms with Crippen molar-refractivity contribution in [3.63, 3.8) is 0 Å². The number of hydrogen-bond acceptors (Lipinski definition) is 7. The average molecular weight is 430 g/mol. The van der Waals surface area contributed by atoms with Crippen LogP contribution in [0, 0.1) is 0 Å². The van der Waals surface area contributed by atoms with Crippen LogP contribution in [0.5, 0.6) is 0 Å². The molecule has 0 aliphatic rings. The number of nitrogens with zero attached hydrogens (tertiary/aromatic N) is 1. The fraction of sp³-hybridized carbons (Fsp3) is 0.625. The van der Waals surface area contributed by atoms with E-state index in [4.69, 9.17) is 28.0 Å². The van der Waals surface area contributed by atoms with Gasteiger partial charge in [0.2, 0.25) is 23.6 Å². The lowest BCUT2D eigenvalue weighted by atomic mass is 10.1. The van der Waals surface area contributed by atoms with E-state index in [1.54, 1.807) is 0 Å². The molecule has 0 aliphatic carbocycles. The lowest BCUT2D eigenvalue weighted by Crippen LogP contribution is -2.56. The van der Waals surface area contributed by atoms with E-state index in [0.29, 0.717) is 0 Å². The number of nitrogens with one attached hydrogen (secondary N) is 3. The molecule has 0 saturated carbocycles. The van der Waals surface area contributed by atoms with Gasteiger partial charge in [-0.2, -0.15) is 0 Å². The summed E-state index contributed by atoms with van der Waals surface area (Å²) in [7, 11) is 0. The van der Waals surface area contributed by atoms with Gasteiger partial charge in [-0.15, -0.1) is 0 Å². The molecule has 0 spiro atoms. The van der Waals surface area contributed by atoms with Crippen LogP contribution < -0.4 is 38.9 Å². The highest BCUT2D eigenvalue weighted by atomic mass is 16.4. The zero-order valence-electron chi connectivity index (χ0n) is 16.9. The van der Waals surface area contributed by atoms with E-state index in [-0.39, 0.29) is 25.3 Å². The molecule has 12 N–H and O–H groups in total. The number of aliphatic imine (C=N–C) groups is 1. The zero-order chi connectivity index (χ0) is 23.4. The normalized spacial score (nSPS) is 14.4. The summed E-state index contributed by atoms with van der Waals surface area (Å²) in [4.78, 5) is 62.5. The highest BCUT2D eigenvalue weighted by Gasteiger charge is 2.29. The first kappa shape index (κ1) is 26.6. The Morgan fingerprint density at radius 1 is 0.900 bits per heavy atom. The van der Waals surface area contributed by atoms with Gasteiger partial charge in [-0.1, -0.05) is 0 Å². The van der Waals surface area contributed by atoms with Gasteiger partial charge in [-0.3, -0.25) is 24.2 Å². The van der Waals surface area contributed by atoms with E-state index in [0.717, 1.165) is 0 Å².